The second-order valence-electron chi connectivity index (χ2n) is 3.99. The predicted molar refractivity (Wildman–Crippen MR) is 87.3 cm³/mol. The average molecular weight is 380 g/mol. The second kappa shape index (κ2) is 7.19. The maximum absolute atomic E-state index is 12.1. The van der Waals surface area contributed by atoms with Crippen molar-refractivity contribution in [1.29, 1.82) is 0 Å². The van der Waals surface area contributed by atoms with Crippen molar-refractivity contribution in [3.05, 3.63) is 49.1 Å². The van der Waals surface area contributed by atoms with E-state index in [4.69, 9.17) is 39.5 Å². The van der Waals surface area contributed by atoms with Crippen molar-refractivity contribution in [2.24, 2.45) is 0 Å². The molecule has 9 heteroatoms. The van der Waals surface area contributed by atoms with Crippen LogP contribution in [0.2, 0.25) is 13.7 Å². The summed E-state index contributed by atoms with van der Waals surface area (Å²) < 4.78 is 5.68. The highest BCUT2D eigenvalue weighted by Gasteiger charge is 2.17. The van der Waals surface area contributed by atoms with Gasteiger partial charge < -0.3 is 4.74 Å². The molecule has 0 atom stereocenters. The maximum Gasteiger partial charge on any atom is 0.273 e. The number of halogens is 3. The van der Waals surface area contributed by atoms with E-state index in [1.807, 2.05) is 0 Å². The molecule has 0 aliphatic heterocycles. The van der Waals surface area contributed by atoms with Gasteiger partial charge in [0.05, 0.1) is 22.6 Å². The van der Waals surface area contributed by atoms with Gasteiger partial charge in [0, 0.05) is 5.02 Å². The molecule has 0 unspecified atom stereocenters. The molecule has 0 aliphatic rings. The van der Waals surface area contributed by atoms with Crippen LogP contribution < -0.4 is 15.6 Å². The van der Waals surface area contributed by atoms with Gasteiger partial charge >= 0.3 is 0 Å². The van der Waals surface area contributed by atoms with Crippen LogP contribution in [0, 0.1) is 0 Å². The van der Waals surface area contributed by atoms with Crippen molar-refractivity contribution in [1.82, 2.24) is 10.9 Å². The number of carbonyl (C=O) groups is 2. The number of ether oxygens (including phenoxy) is 1. The third kappa shape index (κ3) is 3.84. The molecule has 2 rings (SSSR count). The number of benzene rings is 1. The summed E-state index contributed by atoms with van der Waals surface area (Å²) in [6.45, 7) is 0. The molecule has 1 aromatic heterocycles. The molecule has 2 aromatic rings. The highest BCUT2D eigenvalue weighted by atomic mass is 35.5. The Bertz CT molecular complexity index is 733. The monoisotopic (exact) mass is 378 g/mol. The molecular formula is C13H9Cl3N2O3S. The molecule has 0 saturated heterocycles. The molecule has 2 amide bonds. The number of nitrogens with one attached hydrogen (secondary N) is 2. The largest absolute Gasteiger partial charge is 0.496 e. The molecule has 0 radical (unpaired) electrons. The summed E-state index contributed by atoms with van der Waals surface area (Å²) in [5.74, 6) is -0.843. The third-order valence-corrected chi connectivity index (χ3v) is 4.32. The summed E-state index contributed by atoms with van der Waals surface area (Å²) in [7, 11) is 1.41. The summed E-state index contributed by atoms with van der Waals surface area (Å²) in [6, 6.07) is 5.93. The number of hydrogen-bond acceptors (Lipinski definition) is 4. The molecule has 5 nitrogen and oxygen atoms in total. The number of methoxy groups -OCH3 is 1. The van der Waals surface area contributed by atoms with Gasteiger partial charge in [0.1, 0.15) is 10.1 Å². The Labute approximate surface area is 145 Å². The summed E-state index contributed by atoms with van der Waals surface area (Å²) in [4.78, 5) is 24.0. The van der Waals surface area contributed by atoms with E-state index in [1.165, 1.54) is 31.4 Å². The minimum absolute atomic E-state index is 0.181. The van der Waals surface area contributed by atoms with E-state index in [0.29, 0.717) is 9.36 Å². The Morgan fingerprint density at radius 3 is 2.23 bits per heavy atom. The quantitative estimate of drug-likeness (QED) is 0.797. The summed E-state index contributed by atoms with van der Waals surface area (Å²) in [5.41, 5.74) is 4.93. The van der Waals surface area contributed by atoms with Crippen LogP contribution in [0.25, 0.3) is 0 Å². The lowest BCUT2D eigenvalue weighted by molar-refractivity contribution is 0.0845. The zero-order chi connectivity index (χ0) is 16.3. The Kier molecular flexibility index (Phi) is 5.52. The zero-order valence-electron chi connectivity index (χ0n) is 11.1. The van der Waals surface area contributed by atoms with E-state index < -0.39 is 11.8 Å². The lowest BCUT2D eigenvalue weighted by atomic mass is 10.2. The van der Waals surface area contributed by atoms with Crippen LogP contribution in [0.1, 0.15) is 20.7 Å². The van der Waals surface area contributed by atoms with Crippen LogP contribution in [0.3, 0.4) is 0 Å². The van der Waals surface area contributed by atoms with Gasteiger partial charge in [-0.15, -0.1) is 11.3 Å². The van der Waals surface area contributed by atoms with E-state index >= 15 is 0 Å². The lowest BCUT2D eigenvalue weighted by Crippen LogP contribution is -2.41. The Morgan fingerprint density at radius 1 is 1.05 bits per heavy atom. The molecule has 1 aromatic carbocycles. The van der Waals surface area contributed by atoms with Crippen molar-refractivity contribution in [3.8, 4) is 5.75 Å². The average Bonchev–Trinajstić information content (AvgIpc) is 2.83. The first-order chi connectivity index (χ1) is 10.4. The normalized spacial score (nSPS) is 10.2. The standard InChI is InChI=1S/C13H9Cl3N2O3S/c1-21-9-4-6(14)2-3-7(9)12(19)17-18-13(20)8-5-10(15)22-11(8)16/h2-5H,1H3,(H,17,19)(H,18,20). The maximum atomic E-state index is 12.1. The first-order valence-corrected chi connectivity index (χ1v) is 7.76. The van der Waals surface area contributed by atoms with Crippen molar-refractivity contribution >= 4 is 58.0 Å². The minimum atomic E-state index is -0.575. The molecule has 0 fully saturated rings. The van der Waals surface area contributed by atoms with E-state index in [-0.39, 0.29) is 21.2 Å². The number of carbonyl (C=O) groups excluding carboxylic acids is 2. The third-order valence-electron chi connectivity index (χ3n) is 2.60. The van der Waals surface area contributed by atoms with Gasteiger partial charge in [-0.2, -0.15) is 0 Å². The van der Waals surface area contributed by atoms with Crippen LogP contribution in [-0.2, 0) is 0 Å². The zero-order valence-corrected chi connectivity index (χ0v) is 14.2. The molecule has 0 spiro atoms. The minimum Gasteiger partial charge on any atom is -0.496 e. The van der Waals surface area contributed by atoms with Crippen LogP contribution in [0.5, 0.6) is 5.75 Å². The topological polar surface area (TPSA) is 67.4 Å². The fourth-order valence-corrected chi connectivity index (χ4v) is 3.22. The summed E-state index contributed by atoms with van der Waals surface area (Å²) >= 11 is 18.5. The molecule has 22 heavy (non-hydrogen) atoms. The van der Waals surface area contributed by atoms with Gasteiger partial charge in [-0.25, -0.2) is 0 Å². The smallest absolute Gasteiger partial charge is 0.273 e. The van der Waals surface area contributed by atoms with Crippen molar-refractivity contribution in [2.75, 3.05) is 7.11 Å². The van der Waals surface area contributed by atoms with Crippen molar-refractivity contribution in [2.45, 2.75) is 0 Å². The predicted octanol–water partition coefficient (Wildman–Crippen LogP) is 3.79. The van der Waals surface area contributed by atoms with Gasteiger partial charge in [-0.05, 0) is 24.3 Å². The van der Waals surface area contributed by atoms with Crippen LogP contribution >= 0.6 is 46.1 Å². The second-order valence-corrected chi connectivity index (χ2v) is 6.71. The molecule has 0 bridgehead atoms. The van der Waals surface area contributed by atoms with Gasteiger partial charge in [0.2, 0.25) is 0 Å². The molecule has 2 N–H and O–H groups in total. The van der Waals surface area contributed by atoms with E-state index in [1.54, 1.807) is 0 Å². The number of rotatable bonds is 3. The highest BCUT2D eigenvalue weighted by Crippen LogP contribution is 2.30. The Hall–Kier alpha value is -1.47. The van der Waals surface area contributed by atoms with E-state index in [9.17, 15) is 9.59 Å². The first-order valence-electron chi connectivity index (χ1n) is 5.81. The number of hydrogen-bond donors (Lipinski definition) is 2. The number of amides is 2. The van der Waals surface area contributed by atoms with Crippen LogP contribution in [0.4, 0.5) is 0 Å². The summed E-state index contributed by atoms with van der Waals surface area (Å²) in [6.07, 6.45) is 0. The SMILES string of the molecule is COc1cc(Cl)ccc1C(=O)NNC(=O)c1cc(Cl)sc1Cl. The first kappa shape index (κ1) is 16.9. The van der Waals surface area contributed by atoms with Crippen molar-refractivity contribution in [3.63, 3.8) is 0 Å². The van der Waals surface area contributed by atoms with E-state index in [0.717, 1.165) is 11.3 Å². The molecule has 0 aliphatic carbocycles. The molecular weight excluding hydrogens is 371 g/mol. The lowest BCUT2D eigenvalue weighted by Gasteiger charge is -2.10. The Morgan fingerprint density at radius 2 is 1.68 bits per heavy atom. The Balaban J connectivity index is 2.07. The highest BCUT2D eigenvalue weighted by molar-refractivity contribution is 7.20. The number of hydrazine groups is 1. The van der Waals surface area contributed by atoms with Crippen LogP contribution in [0.15, 0.2) is 24.3 Å². The van der Waals surface area contributed by atoms with Gasteiger partial charge in [-0.1, -0.05) is 34.8 Å². The summed E-state index contributed by atoms with van der Waals surface area (Å²) in [5, 5.41) is 0.428. The van der Waals surface area contributed by atoms with Gasteiger partial charge in [-0.3, -0.25) is 20.4 Å². The van der Waals surface area contributed by atoms with Gasteiger partial charge in [0.15, 0.2) is 0 Å². The number of thiophene rings is 1. The molecule has 1 heterocycles. The molecule has 116 valence electrons. The molecule has 0 saturated carbocycles. The van der Waals surface area contributed by atoms with Crippen molar-refractivity contribution < 1.29 is 14.3 Å². The fraction of sp³-hybridized carbons (Fsp3) is 0.0769. The van der Waals surface area contributed by atoms with E-state index in [2.05, 4.69) is 10.9 Å². The van der Waals surface area contributed by atoms with Crippen LogP contribution in [-0.4, -0.2) is 18.9 Å². The fourth-order valence-electron chi connectivity index (χ4n) is 1.60. The van der Waals surface area contributed by atoms with Gasteiger partial charge in [0.25, 0.3) is 11.8 Å².